The molecule has 0 spiro atoms. The first-order valence-corrected chi connectivity index (χ1v) is 5.86. The molecule has 2 heterocycles. The number of anilines is 1. The van der Waals surface area contributed by atoms with Crippen LogP contribution in [0.2, 0.25) is 0 Å². The first kappa shape index (κ1) is 12.8. The van der Waals surface area contributed by atoms with Gasteiger partial charge in [0.05, 0.1) is 11.8 Å². The van der Waals surface area contributed by atoms with Crippen molar-refractivity contribution >= 4 is 11.8 Å². The molecule has 0 aliphatic carbocycles. The zero-order valence-corrected chi connectivity index (χ0v) is 10.2. The number of amides is 2. The Morgan fingerprint density at radius 1 is 1.50 bits per heavy atom. The Kier molecular flexibility index (Phi) is 3.47. The van der Waals surface area contributed by atoms with Crippen molar-refractivity contribution in [2.24, 2.45) is 0 Å². The highest BCUT2D eigenvalue weighted by Crippen LogP contribution is 2.21. The van der Waals surface area contributed by atoms with Crippen LogP contribution in [0.15, 0.2) is 18.3 Å². The lowest BCUT2D eigenvalue weighted by atomic mass is 9.94. The van der Waals surface area contributed by atoms with Gasteiger partial charge in [-0.25, -0.2) is 14.2 Å². The van der Waals surface area contributed by atoms with Gasteiger partial charge in [-0.3, -0.25) is 5.32 Å². The fourth-order valence-corrected chi connectivity index (χ4v) is 1.83. The molecule has 5 nitrogen and oxygen atoms in total. The molecule has 1 aliphatic heterocycles. The molecule has 18 heavy (non-hydrogen) atoms. The standard InChI is InChI=1S/C12H16FN3O2/c1-12(18)4-6-16(7-5-12)11(17)15-10-3-2-9(13)8-14-10/h2-3,8,18H,4-7H2,1H3,(H,14,15,17). The summed E-state index contributed by atoms with van der Waals surface area (Å²) >= 11 is 0. The van der Waals surface area contributed by atoms with Crippen molar-refractivity contribution < 1.29 is 14.3 Å². The lowest BCUT2D eigenvalue weighted by Crippen LogP contribution is -2.46. The molecule has 1 aromatic heterocycles. The highest BCUT2D eigenvalue weighted by molar-refractivity contribution is 5.88. The fraction of sp³-hybridized carbons (Fsp3) is 0.500. The van der Waals surface area contributed by atoms with Crippen LogP contribution in [0, 0.1) is 5.82 Å². The van der Waals surface area contributed by atoms with E-state index in [0.717, 1.165) is 6.20 Å². The minimum atomic E-state index is -0.690. The summed E-state index contributed by atoms with van der Waals surface area (Å²) in [6, 6.07) is 2.38. The summed E-state index contributed by atoms with van der Waals surface area (Å²) in [6.45, 7) is 2.77. The number of carbonyl (C=O) groups excluding carboxylic acids is 1. The summed E-state index contributed by atoms with van der Waals surface area (Å²) in [5, 5.41) is 12.4. The van der Waals surface area contributed by atoms with Gasteiger partial charge >= 0.3 is 6.03 Å². The molecule has 6 heteroatoms. The van der Waals surface area contributed by atoms with Crippen molar-refractivity contribution in [1.82, 2.24) is 9.88 Å². The van der Waals surface area contributed by atoms with Gasteiger partial charge in [-0.15, -0.1) is 0 Å². The van der Waals surface area contributed by atoms with Crippen LogP contribution in [0.4, 0.5) is 15.0 Å². The number of nitrogens with zero attached hydrogens (tertiary/aromatic N) is 2. The average Bonchev–Trinajstić information content (AvgIpc) is 2.32. The number of hydrogen-bond acceptors (Lipinski definition) is 3. The summed E-state index contributed by atoms with van der Waals surface area (Å²) in [6.07, 6.45) is 2.16. The molecule has 2 amide bonds. The van der Waals surface area contributed by atoms with Crippen LogP contribution >= 0.6 is 0 Å². The molecule has 0 aromatic carbocycles. The van der Waals surface area contributed by atoms with Crippen LogP contribution in [-0.2, 0) is 0 Å². The Morgan fingerprint density at radius 2 is 2.17 bits per heavy atom. The number of rotatable bonds is 1. The molecule has 0 radical (unpaired) electrons. The van der Waals surface area contributed by atoms with E-state index in [4.69, 9.17) is 0 Å². The van der Waals surface area contributed by atoms with Crippen molar-refractivity contribution in [3.63, 3.8) is 0 Å². The molecular weight excluding hydrogens is 237 g/mol. The molecule has 0 saturated carbocycles. The van der Waals surface area contributed by atoms with Gasteiger partial charge in [-0.1, -0.05) is 0 Å². The lowest BCUT2D eigenvalue weighted by Gasteiger charge is -2.35. The third kappa shape index (κ3) is 3.16. The Morgan fingerprint density at radius 3 is 2.72 bits per heavy atom. The van der Waals surface area contributed by atoms with Gasteiger partial charge in [0.15, 0.2) is 0 Å². The number of likely N-dealkylation sites (tertiary alicyclic amines) is 1. The maximum Gasteiger partial charge on any atom is 0.323 e. The minimum Gasteiger partial charge on any atom is -0.390 e. The summed E-state index contributed by atoms with van der Waals surface area (Å²) < 4.78 is 12.7. The number of pyridine rings is 1. The number of aromatic nitrogens is 1. The van der Waals surface area contributed by atoms with Crippen LogP contribution < -0.4 is 5.32 Å². The maximum absolute atomic E-state index is 12.7. The average molecular weight is 253 g/mol. The molecule has 0 atom stereocenters. The normalized spacial score (nSPS) is 18.5. The van der Waals surface area contributed by atoms with Crippen LogP contribution in [0.1, 0.15) is 19.8 Å². The number of hydrogen-bond donors (Lipinski definition) is 2. The van der Waals surface area contributed by atoms with E-state index in [2.05, 4.69) is 10.3 Å². The Hall–Kier alpha value is -1.69. The van der Waals surface area contributed by atoms with Gasteiger partial charge in [-0.2, -0.15) is 0 Å². The largest absolute Gasteiger partial charge is 0.390 e. The monoisotopic (exact) mass is 253 g/mol. The summed E-state index contributed by atoms with van der Waals surface area (Å²) in [4.78, 5) is 17.2. The minimum absolute atomic E-state index is 0.274. The zero-order chi connectivity index (χ0) is 13.2. The second kappa shape index (κ2) is 4.89. The molecule has 2 rings (SSSR count). The van der Waals surface area contributed by atoms with E-state index in [1.807, 2.05) is 0 Å². The molecule has 98 valence electrons. The SMILES string of the molecule is CC1(O)CCN(C(=O)Nc2ccc(F)cn2)CC1. The van der Waals surface area contributed by atoms with Crippen molar-refractivity contribution in [3.8, 4) is 0 Å². The molecule has 1 fully saturated rings. The molecule has 1 aromatic rings. The summed E-state index contributed by atoms with van der Waals surface area (Å²) in [5.41, 5.74) is -0.690. The second-order valence-electron chi connectivity index (χ2n) is 4.78. The van der Waals surface area contributed by atoms with E-state index < -0.39 is 11.4 Å². The highest BCUT2D eigenvalue weighted by Gasteiger charge is 2.29. The van der Waals surface area contributed by atoms with Crippen LogP contribution in [0.5, 0.6) is 0 Å². The third-order valence-corrected chi connectivity index (χ3v) is 3.09. The van der Waals surface area contributed by atoms with Crippen molar-refractivity contribution in [2.75, 3.05) is 18.4 Å². The Labute approximate surface area is 105 Å². The van der Waals surface area contributed by atoms with E-state index in [0.29, 0.717) is 31.7 Å². The van der Waals surface area contributed by atoms with Crippen LogP contribution in [0.3, 0.4) is 0 Å². The van der Waals surface area contributed by atoms with E-state index in [-0.39, 0.29) is 6.03 Å². The van der Waals surface area contributed by atoms with Gasteiger partial charge in [0.2, 0.25) is 0 Å². The lowest BCUT2D eigenvalue weighted by molar-refractivity contribution is 0.00570. The third-order valence-electron chi connectivity index (χ3n) is 3.09. The summed E-state index contributed by atoms with van der Waals surface area (Å²) in [5.74, 6) is -0.124. The first-order valence-electron chi connectivity index (χ1n) is 5.86. The topological polar surface area (TPSA) is 65.5 Å². The molecule has 0 bridgehead atoms. The molecule has 2 N–H and O–H groups in total. The van der Waals surface area contributed by atoms with Gasteiger partial charge in [0.25, 0.3) is 0 Å². The molecule has 1 aliphatic rings. The predicted molar refractivity (Wildman–Crippen MR) is 64.6 cm³/mol. The Bertz CT molecular complexity index is 423. The van der Waals surface area contributed by atoms with Gasteiger partial charge in [-0.05, 0) is 31.9 Å². The quantitative estimate of drug-likeness (QED) is 0.799. The van der Waals surface area contributed by atoms with Crippen LogP contribution in [-0.4, -0.2) is 39.7 Å². The Balaban J connectivity index is 1.91. The second-order valence-corrected chi connectivity index (χ2v) is 4.78. The van der Waals surface area contributed by atoms with Crippen LogP contribution in [0.25, 0.3) is 0 Å². The van der Waals surface area contributed by atoms with E-state index in [1.54, 1.807) is 11.8 Å². The number of nitrogens with one attached hydrogen (secondary N) is 1. The molecule has 1 saturated heterocycles. The highest BCUT2D eigenvalue weighted by atomic mass is 19.1. The van der Waals surface area contributed by atoms with Crippen molar-refractivity contribution in [3.05, 3.63) is 24.1 Å². The van der Waals surface area contributed by atoms with Crippen molar-refractivity contribution in [1.29, 1.82) is 0 Å². The maximum atomic E-state index is 12.7. The number of halogens is 1. The number of urea groups is 1. The zero-order valence-electron chi connectivity index (χ0n) is 10.2. The summed E-state index contributed by atoms with van der Waals surface area (Å²) in [7, 11) is 0. The van der Waals surface area contributed by atoms with E-state index >= 15 is 0 Å². The van der Waals surface area contributed by atoms with E-state index in [1.165, 1.54) is 12.1 Å². The fourth-order valence-electron chi connectivity index (χ4n) is 1.83. The van der Waals surface area contributed by atoms with Gasteiger partial charge < -0.3 is 10.0 Å². The molecule has 0 unspecified atom stereocenters. The van der Waals surface area contributed by atoms with E-state index in [9.17, 15) is 14.3 Å². The molecular formula is C12H16FN3O2. The smallest absolute Gasteiger partial charge is 0.323 e. The first-order chi connectivity index (χ1) is 8.46. The number of piperidine rings is 1. The van der Waals surface area contributed by atoms with Gasteiger partial charge in [0.1, 0.15) is 11.6 Å². The van der Waals surface area contributed by atoms with Gasteiger partial charge in [0, 0.05) is 13.1 Å². The number of aliphatic hydroxyl groups is 1. The predicted octanol–water partition coefficient (Wildman–Crippen LogP) is 1.60. The van der Waals surface area contributed by atoms with Crippen molar-refractivity contribution in [2.45, 2.75) is 25.4 Å². The number of carbonyl (C=O) groups is 1.